The predicted octanol–water partition coefficient (Wildman–Crippen LogP) is 3.41. The molecule has 0 fully saturated rings. The lowest BCUT2D eigenvalue weighted by atomic mass is 10.2. The number of halogens is 1. The lowest BCUT2D eigenvalue weighted by Gasteiger charge is -2.05. The van der Waals surface area contributed by atoms with Crippen LogP contribution >= 0.6 is 27.3 Å². The van der Waals surface area contributed by atoms with E-state index in [9.17, 15) is 10.1 Å². The van der Waals surface area contributed by atoms with Crippen LogP contribution < -0.4 is 5.32 Å². The second-order valence-corrected chi connectivity index (χ2v) is 5.87. The molecule has 0 aliphatic carbocycles. The van der Waals surface area contributed by atoms with Crippen molar-refractivity contribution < 1.29 is 4.92 Å². The molecule has 0 radical (unpaired) electrons. The van der Waals surface area contributed by atoms with E-state index in [0.717, 1.165) is 15.2 Å². The van der Waals surface area contributed by atoms with Gasteiger partial charge < -0.3 is 5.32 Å². The van der Waals surface area contributed by atoms with E-state index in [2.05, 4.69) is 26.2 Å². The summed E-state index contributed by atoms with van der Waals surface area (Å²) >= 11 is 4.91. The molecule has 0 saturated carbocycles. The van der Waals surface area contributed by atoms with Crippen molar-refractivity contribution in [1.82, 2.24) is 10.3 Å². The lowest BCUT2D eigenvalue weighted by Crippen LogP contribution is -2.13. The predicted molar refractivity (Wildman–Crippen MR) is 78.2 cm³/mol. The topological polar surface area (TPSA) is 68.1 Å². The summed E-state index contributed by atoms with van der Waals surface area (Å²) in [5.74, 6) is 0. The number of hydrogen-bond donors (Lipinski definition) is 1. The zero-order valence-electron chi connectivity index (χ0n) is 10.2. The lowest BCUT2D eigenvalue weighted by molar-refractivity contribution is -0.385. The Bertz CT molecular complexity index is 600. The average molecular weight is 342 g/mol. The Morgan fingerprint density at radius 2 is 2.26 bits per heavy atom. The van der Waals surface area contributed by atoms with Crippen LogP contribution in [0.25, 0.3) is 0 Å². The zero-order valence-corrected chi connectivity index (χ0v) is 12.6. The number of aryl methyl sites for hydroxylation is 1. The normalized spacial score (nSPS) is 10.6. The van der Waals surface area contributed by atoms with Crippen LogP contribution in [-0.2, 0) is 13.1 Å². The number of aromatic nitrogens is 1. The fourth-order valence-corrected chi connectivity index (χ4v) is 2.81. The number of benzene rings is 1. The minimum absolute atomic E-state index is 0.131. The molecular weight excluding hydrogens is 330 g/mol. The van der Waals surface area contributed by atoms with Crippen LogP contribution in [0, 0.1) is 17.0 Å². The average Bonchev–Trinajstić information content (AvgIpc) is 2.75. The Morgan fingerprint density at radius 1 is 1.47 bits per heavy atom. The second kappa shape index (κ2) is 6.23. The zero-order chi connectivity index (χ0) is 13.8. The van der Waals surface area contributed by atoms with E-state index in [4.69, 9.17) is 0 Å². The second-order valence-electron chi connectivity index (χ2n) is 4.02. The van der Waals surface area contributed by atoms with E-state index >= 15 is 0 Å². The third-order valence-electron chi connectivity index (χ3n) is 2.50. The van der Waals surface area contributed by atoms with Gasteiger partial charge in [-0.05, 0) is 19.1 Å². The highest BCUT2D eigenvalue weighted by Crippen LogP contribution is 2.23. The summed E-state index contributed by atoms with van der Waals surface area (Å²) in [6.45, 7) is 3.00. The third kappa shape index (κ3) is 3.82. The molecule has 19 heavy (non-hydrogen) atoms. The first-order chi connectivity index (χ1) is 9.06. The summed E-state index contributed by atoms with van der Waals surface area (Å²) in [5, 5.41) is 17.1. The molecular formula is C12H12BrN3O2S. The molecule has 5 nitrogen and oxygen atoms in total. The van der Waals surface area contributed by atoms with Gasteiger partial charge in [0.15, 0.2) is 0 Å². The minimum Gasteiger partial charge on any atom is -0.306 e. The Morgan fingerprint density at radius 3 is 2.89 bits per heavy atom. The number of hydrogen-bond acceptors (Lipinski definition) is 5. The van der Waals surface area contributed by atoms with Gasteiger partial charge in [-0.1, -0.05) is 15.9 Å². The molecule has 1 heterocycles. The van der Waals surface area contributed by atoms with Crippen LogP contribution in [0.4, 0.5) is 5.69 Å². The highest BCUT2D eigenvalue weighted by Gasteiger charge is 2.13. The van der Waals surface area contributed by atoms with E-state index in [1.54, 1.807) is 23.5 Å². The smallest absolute Gasteiger partial charge is 0.273 e. The monoisotopic (exact) mass is 341 g/mol. The number of nitrogens with zero attached hydrogens (tertiary/aromatic N) is 2. The molecule has 1 N–H and O–H groups in total. The molecule has 0 spiro atoms. The Hall–Kier alpha value is -1.31. The van der Waals surface area contributed by atoms with Gasteiger partial charge in [0, 0.05) is 40.3 Å². The first-order valence-electron chi connectivity index (χ1n) is 5.61. The molecule has 2 aromatic rings. The summed E-state index contributed by atoms with van der Waals surface area (Å²) in [5.41, 5.74) is 1.79. The first-order valence-corrected chi connectivity index (χ1v) is 7.28. The van der Waals surface area contributed by atoms with Gasteiger partial charge >= 0.3 is 0 Å². The number of rotatable bonds is 5. The van der Waals surface area contributed by atoms with Crippen molar-refractivity contribution in [2.45, 2.75) is 20.0 Å². The van der Waals surface area contributed by atoms with E-state index < -0.39 is 0 Å². The molecule has 0 bridgehead atoms. The molecule has 0 aliphatic heterocycles. The molecule has 0 unspecified atom stereocenters. The van der Waals surface area contributed by atoms with Crippen LogP contribution in [0.1, 0.15) is 16.3 Å². The number of nitro groups is 1. The van der Waals surface area contributed by atoms with Crippen molar-refractivity contribution in [1.29, 1.82) is 0 Å². The van der Waals surface area contributed by atoms with Gasteiger partial charge in [-0.15, -0.1) is 11.3 Å². The molecule has 100 valence electrons. The molecule has 2 rings (SSSR count). The highest BCUT2D eigenvalue weighted by molar-refractivity contribution is 9.10. The molecule has 7 heteroatoms. The number of nitro benzene ring substituents is 1. The van der Waals surface area contributed by atoms with Crippen LogP contribution in [-0.4, -0.2) is 9.91 Å². The number of thiazole rings is 1. The van der Waals surface area contributed by atoms with E-state index in [1.165, 1.54) is 6.07 Å². The number of nitrogens with one attached hydrogen (secondary N) is 1. The summed E-state index contributed by atoms with van der Waals surface area (Å²) in [7, 11) is 0. The van der Waals surface area contributed by atoms with Crippen LogP contribution in [0.2, 0.25) is 0 Å². The molecule has 0 saturated heterocycles. The van der Waals surface area contributed by atoms with Crippen molar-refractivity contribution in [2.24, 2.45) is 0 Å². The van der Waals surface area contributed by atoms with Crippen LogP contribution in [0.3, 0.4) is 0 Å². The van der Waals surface area contributed by atoms with Crippen LogP contribution in [0.15, 0.2) is 28.1 Å². The highest BCUT2D eigenvalue weighted by atomic mass is 79.9. The Labute approximate surface area is 123 Å². The standard InChI is InChI=1S/C12H12BrN3O2S/c1-8-7-19-12(15-8)6-14-5-9-4-10(13)2-3-11(9)16(17)18/h2-4,7,14H,5-6H2,1H3. The van der Waals surface area contributed by atoms with Crippen molar-refractivity contribution in [2.75, 3.05) is 0 Å². The maximum atomic E-state index is 10.9. The summed E-state index contributed by atoms with van der Waals surface area (Å²) in [6, 6.07) is 4.94. The largest absolute Gasteiger partial charge is 0.306 e. The Balaban J connectivity index is 2.02. The van der Waals surface area contributed by atoms with E-state index in [0.29, 0.717) is 18.7 Å². The van der Waals surface area contributed by atoms with E-state index in [1.807, 2.05) is 12.3 Å². The maximum absolute atomic E-state index is 10.9. The quantitative estimate of drug-likeness (QED) is 0.668. The van der Waals surface area contributed by atoms with Gasteiger partial charge in [0.1, 0.15) is 5.01 Å². The van der Waals surface area contributed by atoms with Crippen LogP contribution in [0.5, 0.6) is 0 Å². The van der Waals surface area contributed by atoms with E-state index in [-0.39, 0.29) is 10.6 Å². The third-order valence-corrected chi connectivity index (χ3v) is 3.96. The van der Waals surface area contributed by atoms with Gasteiger partial charge in [-0.2, -0.15) is 0 Å². The minimum atomic E-state index is -0.364. The fraction of sp³-hybridized carbons (Fsp3) is 0.250. The summed E-state index contributed by atoms with van der Waals surface area (Å²) < 4.78 is 0.833. The van der Waals surface area contributed by atoms with Gasteiger partial charge in [0.2, 0.25) is 0 Å². The fourth-order valence-electron chi connectivity index (χ4n) is 1.66. The first kappa shape index (κ1) is 14.1. The molecule has 1 aromatic carbocycles. The van der Waals surface area contributed by atoms with Crippen molar-refractivity contribution in [3.63, 3.8) is 0 Å². The van der Waals surface area contributed by atoms with Gasteiger partial charge in [0.25, 0.3) is 5.69 Å². The SMILES string of the molecule is Cc1csc(CNCc2cc(Br)ccc2[N+](=O)[O-])n1. The summed E-state index contributed by atoms with van der Waals surface area (Å²) in [4.78, 5) is 14.9. The molecule has 1 aromatic heterocycles. The van der Waals surface area contributed by atoms with Crippen molar-refractivity contribution in [3.05, 3.63) is 54.4 Å². The molecule has 0 atom stereocenters. The van der Waals surface area contributed by atoms with Gasteiger partial charge in [0.05, 0.1) is 4.92 Å². The van der Waals surface area contributed by atoms with Crippen molar-refractivity contribution >= 4 is 33.0 Å². The molecule has 0 amide bonds. The van der Waals surface area contributed by atoms with Gasteiger partial charge in [-0.3, -0.25) is 10.1 Å². The summed E-state index contributed by atoms with van der Waals surface area (Å²) in [6.07, 6.45) is 0. The molecule has 0 aliphatic rings. The Kier molecular flexibility index (Phi) is 4.62. The van der Waals surface area contributed by atoms with Crippen molar-refractivity contribution in [3.8, 4) is 0 Å². The maximum Gasteiger partial charge on any atom is 0.273 e. The van der Waals surface area contributed by atoms with Gasteiger partial charge in [-0.25, -0.2) is 4.98 Å².